The Morgan fingerprint density at radius 2 is 2.07 bits per heavy atom. The van der Waals surface area contributed by atoms with Gasteiger partial charge in [-0.25, -0.2) is 4.79 Å². The van der Waals surface area contributed by atoms with Gasteiger partial charge >= 0.3 is 6.03 Å². The quantitative estimate of drug-likeness (QED) is 0.838. The normalized spacial score (nSPS) is 19.2. The van der Waals surface area contributed by atoms with Crippen molar-refractivity contribution in [1.82, 2.24) is 20.4 Å². The number of ether oxygens (including phenoxy) is 2. The van der Waals surface area contributed by atoms with Crippen LogP contribution in [0.2, 0.25) is 0 Å². The highest BCUT2D eigenvalue weighted by Crippen LogP contribution is 2.39. The largest absolute Gasteiger partial charge is 0.493 e. The minimum Gasteiger partial charge on any atom is -0.493 e. The summed E-state index contributed by atoms with van der Waals surface area (Å²) in [4.78, 5) is 19.0. The van der Waals surface area contributed by atoms with E-state index in [0.29, 0.717) is 36.4 Å². The van der Waals surface area contributed by atoms with Gasteiger partial charge in [-0.05, 0) is 43.4 Å². The lowest BCUT2D eigenvalue weighted by atomic mass is 10.2. The molecule has 2 fully saturated rings. The summed E-state index contributed by atoms with van der Waals surface area (Å²) in [5.41, 5.74) is 0.936. The van der Waals surface area contributed by atoms with Gasteiger partial charge in [0.15, 0.2) is 17.3 Å². The van der Waals surface area contributed by atoms with Crippen LogP contribution < -0.4 is 14.8 Å². The molecule has 1 unspecified atom stereocenters. The third-order valence-electron chi connectivity index (χ3n) is 5.09. The first-order valence-electron chi connectivity index (χ1n) is 9.28. The zero-order chi connectivity index (χ0) is 18.8. The molecular weight excluding hydrogens is 348 g/mol. The minimum atomic E-state index is -0.143. The first kappa shape index (κ1) is 17.6. The number of nitrogens with zero attached hydrogens (tertiary/aromatic N) is 3. The number of likely N-dealkylation sites (tertiary alicyclic amines) is 1. The number of amides is 2. The van der Waals surface area contributed by atoms with Crippen LogP contribution in [-0.2, 0) is 6.54 Å². The molecule has 1 aliphatic heterocycles. The number of carbonyl (C=O) groups is 1. The molecule has 0 spiro atoms. The molecule has 1 aromatic carbocycles. The van der Waals surface area contributed by atoms with E-state index < -0.39 is 0 Å². The summed E-state index contributed by atoms with van der Waals surface area (Å²) in [6.07, 6.45) is 4.02. The molecule has 2 aromatic rings. The number of nitrogens with one attached hydrogen (secondary N) is 1. The van der Waals surface area contributed by atoms with E-state index in [1.54, 1.807) is 19.1 Å². The van der Waals surface area contributed by atoms with Crippen molar-refractivity contribution in [3.8, 4) is 11.5 Å². The van der Waals surface area contributed by atoms with E-state index in [-0.39, 0.29) is 12.1 Å². The van der Waals surface area contributed by atoms with Crippen LogP contribution in [0.3, 0.4) is 0 Å². The van der Waals surface area contributed by atoms with Gasteiger partial charge in [0.05, 0.1) is 14.2 Å². The van der Waals surface area contributed by atoms with E-state index in [1.165, 1.54) is 0 Å². The van der Waals surface area contributed by atoms with E-state index in [0.717, 1.165) is 37.1 Å². The monoisotopic (exact) mass is 372 g/mol. The number of benzene rings is 1. The number of hydrogen-bond acceptors (Lipinski definition) is 6. The lowest BCUT2D eigenvalue weighted by molar-refractivity contribution is 0.180. The van der Waals surface area contributed by atoms with Gasteiger partial charge in [-0.15, -0.1) is 0 Å². The van der Waals surface area contributed by atoms with Crippen molar-refractivity contribution in [3.05, 3.63) is 35.5 Å². The van der Waals surface area contributed by atoms with Crippen LogP contribution in [0.4, 0.5) is 4.79 Å². The molecule has 1 N–H and O–H groups in total. The average molecular weight is 372 g/mol. The molecule has 2 amide bonds. The molecule has 1 atom stereocenters. The van der Waals surface area contributed by atoms with Crippen molar-refractivity contribution in [2.75, 3.05) is 20.8 Å². The number of rotatable bonds is 6. The molecular formula is C19H24N4O4. The molecule has 0 bridgehead atoms. The number of methoxy groups -OCH3 is 2. The first-order chi connectivity index (χ1) is 13.2. The zero-order valence-electron chi connectivity index (χ0n) is 15.6. The number of hydrogen-bond donors (Lipinski definition) is 1. The maximum absolute atomic E-state index is 12.7. The Balaban J connectivity index is 1.39. The Morgan fingerprint density at radius 1 is 1.26 bits per heavy atom. The van der Waals surface area contributed by atoms with Crippen LogP contribution in [0.15, 0.2) is 22.7 Å². The summed E-state index contributed by atoms with van der Waals surface area (Å²) in [7, 11) is 3.19. The highest BCUT2D eigenvalue weighted by molar-refractivity contribution is 5.75. The van der Waals surface area contributed by atoms with Gasteiger partial charge < -0.3 is 24.2 Å². The van der Waals surface area contributed by atoms with Crippen molar-refractivity contribution in [2.24, 2.45) is 0 Å². The van der Waals surface area contributed by atoms with Crippen LogP contribution in [0.25, 0.3) is 0 Å². The number of carbonyl (C=O) groups excluding carboxylic acids is 1. The van der Waals surface area contributed by atoms with Crippen molar-refractivity contribution in [3.63, 3.8) is 0 Å². The molecule has 1 aromatic heterocycles. The molecule has 1 saturated heterocycles. The van der Waals surface area contributed by atoms with Crippen LogP contribution in [0.5, 0.6) is 11.5 Å². The first-order valence-corrected chi connectivity index (χ1v) is 9.28. The fraction of sp³-hybridized carbons (Fsp3) is 0.526. The topological polar surface area (TPSA) is 89.7 Å². The van der Waals surface area contributed by atoms with Crippen LogP contribution in [0, 0.1) is 0 Å². The molecule has 144 valence electrons. The highest BCUT2D eigenvalue weighted by Gasteiger charge is 2.36. The van der Waals surface area contributed by atoms with Gasteiger partial charge in [-0.1, -0.05) is 11.2 Å². The average Bonchev–Trinajstić information content (AvgIpc) is 3.23. The van der Waals surface area contributed by atoms with Crippen LogP contribution in [-0.4, -0.2) is 41.8 Å². The number of aromatic nitrogens is 2. The SMILES string of the molecule is COc1ccc(CNC(=O)N2CCCC2c2nc(C3CC3)no2)cc1OC. The zero-order valence-corrected chi connectivity index (χ0v) is 15.6. The van der Waals surface area contributed by atoms with Gasteiger partial charge in [0.25, 0.3) is 0 Å². The standard InChI is InChI=1S/C19H24N4O4/c1-25-15-8-5-12(10-16(15)26-2)11-20-19(24)23-9-3-4-14(23)18-21-17(22-27-18)13-6-7-13/h5,8,10,13-14H,3-4,6-7,9,11H2,1-2H3,(H,20,24). The van der Waals surface area contributed by atoms with E-state index >= 15 is 0 Å². The highest BCUT2D eigenvalue weighted by atomic mass is 16.5. The van der Waals surface area contributed by atoms with Crippen molar-refractivity contribution in [2.45, 2.75) is 44.2 Å². The predicted octanol–water partition coefficient (Wildman–Crippen LogP) is 3.01. The second kappa shape index (κ2) is 7.46. The Labute approximate surface area is 157 Å². The maximum Gasteiger partial charge on any atom is 0.318 e. The summed E-state index contributed by atoms with van der Waals surface area (Å²) in [6.45, 7) is 1.09. The molecule has 8 nitrogen and oxygen atoms in total. The van der Waals surface area contributed by atoms with E-state index in [4.69, 9.17) is 14.0 Å². The lowest BCUT2D eigenvalue weighted by Crippen LogP contribution is -2.39. The molecule has 8 heteroatoms. The second-order valence-electron chi connectivity index (χ2n) is 6.96. The molecule has 2 aliphatic rings. The summed E-state index contributed by atoms with van der Waals surface area (Å²) in [5.74, 6) is 3.08. The van der Waals surface area contributed by atoms with Gasteiger partial charge in [-0.2, -0.15) is 4.98 Å². The Kier molecular flexibility index (Phi) is 4.87. The second-order valence-corrected chi connectivity index (χ2v) is 6.96. The van der Waals surface area contributed by atoms with Crippen molar-refractivity contribution < 1.29 is 18.8 Å². The van der Waals surface area contributed by atoms with E-state index in [1.807, 2.05) is 18.2 Å². The summed E-state index contributed by atoms with van der Waals surface area (Å²) < 4.78 is 16.0. The Bertz CT molecular complexity index is 818. The van der Waals surface area contributed by atoms with Crippen LogP contribution >= 0.6 is 0 Å². The predicted molar refractivity (Wildman–Crippen MR) is 96.7 cm³/mol. The third-order valence-corrected chi connectivity index (χ3v) is 5.09. The van der Waals surface area contributed by atoms with Crippen LogP contribution in [0.1, 0.15) is 54.9 Å². The smallest absolute Gasteiger partial charge is 0.318 e. The van der Waals surface area contributed by atoms with E-state index in [9.17, 15) is 4.79 Å². The minimum absolute atomic E-state index is 0.126. The van der Waals surface area contributed by atoms with Crippen molar-refractivity contribution in [1.29, 1.82) is 0 Å². The molecule has 0 radical (unpaired) electrons. The van der Waals surface area contributed by atoms with Gasteiger partial charge in [0.2, 0.25) is 5.89 Å². The molecule has 27 heavy (non-hydrogen) atoms. The number of urea groups is 1. The van der Waals surface area contributed by atoms with E-state index in [2.05, 4.69) is 15.5 Å². The summed E-state index contributed by atoms with van der Waals surface area (Å²) >= 11 is 0. The van der Waals surface area contributed by atoms with Gasteiger partial charge in [-0.3, -0.25) is 0 Å². The lowest BCUT2D eigenvalue weighted by Gasteiger charge is -2.22. The maximum atomic E-state index is 12.7. The molecule has 1 aliphatic carbocycles. The summed E-state index contributed by atoms with van der Waals surface area (Å²) in [5, 5.41) is 7.05. The summed E-state index contributed by atoms with van der Waals surface area (Å²) in [6, 6.07) is 5.33. The fourth-order valence-electron chi connectivity index (χ4n) is 3.43. The Morgan fingerprint density at radius 3 is 2.81 bits per heavy atom. The molecule has 2 heterocycles. The molecule has 4 rings (SSSR count). The Hall–Kier alpha value is -2.77. The van der Waals surface area contributed by atoms with Crippen molar-refractivity contribution >= 4 is 6.03 Å². The fourth-order valence-corrected chi connectivity index (χ4v) is 3.43. The third kappa shape index (κ3) is 3.70. The van der Waals surface area contributed by atoms with Gasteiger partial charge in [0, 0.05) is 19.0 Å². The molecule has 1 saturated carbocycles. The van der Waals surface area contributed by atoms with Gasteiger partial charge in [0.1, 0.15) is 6.04 Å².